The number of anilines is 2. The highest BCUT2D eigenvalue weighted by molar-refractivity contribution is 6.07. The Hall–Kier alpha value is -2.62. The zero-order chi connectivity index (χ0) is 17.7. The van der Waals surface area contributed by atoms with Gasteiger partial charge >= 0.3 is 0 Å². The molecule has 4 heteroatoms. The number of aryl methyl sites for hydroxylation is 1. The monoisotopic (exact) mass is 324 g/mol. The smallest absolute Gasteiger partial charge is 0.258 e. The summed E-state index contributed by atoms with van der Waals surface area (Å²) in [4.78, 5) is 26.5. The highest BCUT2D eigenvalue weighted by atomic mass is 16.2. The third kappa shape index (κ3) is 4.02. The molecule has 2 aromatic rings. The van der Waals surface area contributed by atoms with Crippen LogP contribution in [-0.2, 0) is 4.79 Å². The van der Waals surface area contributed by atoms with Crippen LogP contribution in [0.15, 0.2) is 48.5 Å². The Kier molecular flexibility index (Phi) is 5.74. The number of carbonyl (C=O) groups excluding carboxylic acids is 2. The fourth-order valence-electron chi connectivity index (χ4n) is 2.46. The first-order chi connectivity index (χ1) is 11.4. The standard InChI is InChI=1S/C20H24N2O2/c1-5-22(18-12-7-6-9-15(18)4)20(24)16-10-8-11-17(13-16)21-19(23)14(2)3/h6-14H,5H2,1-4H3,(H,21,23). The van der Waals surface area contributed by atoms with Crippen molar-refractivity contribution >= 4 is 23.2 Å². The largest absolute Gasteiger partial charge is 0.326 e. The van der Waals surface area contributed by atoms with Crippen LogP contribution in [0.5, 0.6) is 0 Å². The van der Waals surface area contributed by atoms with Crippen LogP contribution >= 0.6 is 0 Å². The number of nitrogens with one attached hydrogen (secondary N) is 1. The minimum Gasteiger partial charge on any atom is -0.326 e. The van der Waals surface area contributed by atoms with Crippen LogP contribution in [0.1, 0.15) is 36.7 Å². The second-order valence-corrected chi connectivity index (χ2v) is 6.06. The summed E-state index contributed by atoms with van der Waals surface area (Å²) in [6, 6.07) is 14.9. The molecule has 0 aliphatic carbocycles. The van der Waals surface area contributed by atoms with Gasteiger partial charge in [0.25, 0.3) is 5.91 Å². The van der Waals surface area contributed by atoms with Gasteiger partial charge in [-0.3, -0.25) is 9.59 Å². The number of para-hydroxylation sites is 1. The Bertz CT molecular complexity index is 738. The van der Waals surface area contributed by atoms with E-state index in [1.165, 1.54) is 0 Å². The average molecular weight is 324 g/mol. The Morgan fingerprint density at radius 3 is 2.42 bits per heavy atom. The van der Waals surface area contributed by atoms with Crippen LogP contribution in [-0.4, -0.2) is 18.4 Å². The van der Waals surface area contributed by atoms with Crippen molar-refractivity contribution in [1.82, 2.24) is 0 Å². The number of rotatable bonds is 5. The summed E-state index contributed by atoms with van der Waals surface area (Å²) in [6.45, 7) is 8.19. The van der Waals surface area contributed by atoms with Crippen LogP contribution in [0.2, 0.25) is 0 Å². The molecular formula is C20H24N2O2. The molecule has 0 saturated heterocycles. The van der Waals surface area contributed by atoms with E-state index in [9.17, 15) is 9.59 Å². The third-order valence-electron chi connectivity index (χ3n) is 3.87. The fraction of sp³-hybridized carbons (Fsp3) is 0.300. The van der Waals surface area contributed by atoms with Crippen LogP contribution in [0.4, 0.5) is 11.4 Å². The number of hydrogen-bond acceptors (Lipinski definition) is 2. The van der Waals surface area contributed by atoms with Crippen molar-refractivity contribution < 1.29 is 9.59 Å². The molecule has 0 radical (unpaired) electrons. The maximum Gasteiger partial charge on any atom is 0.258 e. The summed E-state index contributed by atoms with van der Waals surface area (Å²) >= 11 is 0. The van der Waals surface area contributed by atoms with E-state index >= 15 is 0 Å². The van der Waals surface area contributed by atoms with Crippen molar-refractivity contribution in [3.8, 4) is 0 Å². The average Bonchev–Trinajstić information content (AvgIpc) is 2.57. The van der Waals surface area contributed by atoms with Crippen LogP contribution in [0.3, 0.4) is 0 Å². The van der Waals surface area contributed by atoms with E-state index in [1.54, 1.807) is 29.2 Å². The van der Waals surface area contributed by atoms with Crippen molar-refractivity contribution in [2.45, 2.75) is 27.7 Å². The lowest BCUT2D eigenvalue weighted by Gasteiger charge is -2.23. The molecule has 0 aliphatic heterocycles. The maximum atomic E-state index is 12.9. The van der Waals surface area contributed by atoms with E-state index in [4.69, 9.17) is 0 Å². The van der Waals surface area contributed by atoms with Crippen molar-refractivity contribution in [1.29, 1.82) is 0 Å². The number of benzene rings is 2. The minimum absolute atomic E-state index is 0.0640. The Morgan fingerprint density at radius 1 is 1.08 bits per heavy atom. The summed E-state index contributed by atoms with van der Waals surface area (Å²) < 4.78 is 0. The molecule has 24 heavy (non-hydrogen) atoms. The summed E-state index contributed by atoms with van der Waals surface area (Å²) in [7, 11) is 0. The second kappa shape index (κ2) is 7.77. The molecule has 0 fully saturated rings. The van der Waals surface area contributed by atoms with Gasteiger partial charge < -0.3 is 10.2 Å². The summed E-state index contributed by atoms with van der Waals surface area (Å²) in [5, 5.41) is 2.84. The highest BCUT2D eigenvalue weighted by Gasteiger charge is 2.18. The topological polar surface area (TPSA) is 49.4 Å². The molecule has 0 heterocycles. The van der Waals surface area contributed by atoms with E-state index in [0.717, 1.165) is 11.3 Å². The molecule has 0 aromatic heterocycles. The van der Waals surface area contributed by atoms with E-state index < -0.39 is 0 Å². The van der Waals surface area contributed by atoms with E-state index in [1.807, 2.05) is 52.0 Å². The van der Waals surface area contributed by atoms with Gasteiger partial charge in [0.05, 0.1) is 0 Å². The zero-order valence-corrected chi connectivity index (χ0v) is 14.7. The Labute approximate surface area is 143 Å². The predicted molar refractivity (Wildman–Crippen MR) is 98.4 cm³/mol. The van der Waals surface area contributed by atoms with Crippen molar-refractivity contribution in [3.05, 3.63) is 59.7 Å². The van der Waals surface area contributed by atoms with Crippen LogP contribution < -0.4 is 10.2 Å². The van der Waals surface area contributed by atoms with Gasteiger partial charge in [0.2, 0.25) is 5.91 Å². The lowest BCUT2D eigenvalue weighted by atomic mass is 10.1. The number of hydrogen-bond donors (Lipinski definition) is 1. The molecular weight excluding hydrogens is 300 g/mol. The molecule has 0 unspecified atom stereocenters. The summed E-state index contributed by atoms with van der Waals surface area (Å²) in [5.74, 6) is -0.248. The SMILES string of the molecule is CCN(C(=O)c1cccc(NC(=O)C(C)C)c1)c1ccccc1C. The maximum absolute atomic E-state index is 12.9. The highest BCUT2D eigenvalue weighted by Crippen LogP contribution is 2.22. The Morgan fingerprint density at radius 2 is 1.79 bits per heavy atom. The molecule has 0 saturated carbocycles. The molecule has 0 spiro atoms. The first-order valence-electron chi connectivity index (χ1n) is 8.22. The van der Waals surface area contributed by atoms with Crippen molar-refractivity contribution in [3.63, 3.8) is 0 Å². The first-order valence-corrected chi connectivity index (χ1v) is 8.22. The molecule has 4 nitrogen and oxygen atoms in total. The van der Waals surface area contributed by atoms with Gasteiger partial charge in [-0.2, -0.15) is 0 Å². The summed E-state index contributed by atoms with van der Waals surface area (Å²) in [6.07, 6.45) is 0. The quantitative estimate of drug-likeness (QED) is 0.893. The molecule has 1 N–H and O–H groups in total. The molecule has 2 amide bonds. The fourth-order valence-corrected chi connectivity index (χ4v) is 2.46. The molecule has 0 aliphatic rings. The Balaban J connectivity index is 2.28. The van der Waals surface area contributed by atoms with E-state index in [2.05, 4.69) is 5.32 Å². The molecule has 0 bridgehead atoms. The molecule has 0 atom stereocenters. The molecule has 126 valence electrons. The number of carbonyl (C=O) groups is 2. The summed E-state index contributed by atoms with van der Waals surface area (Å²) in [5.41, 5.74) is 3.15. The first kappa shape index (κ1) is 17.7. The van der Waals surface area contributed by atoms with Gasteiger partial charge in [-0.15, -0.1) is 0 Å². The van der Waals surface area contributed by atoms with Gasteiger partial charge in [0, 0.05) is 29.4 Å². The minimum atomic E-state index is -0.108. The van der Waals surface area contributed by atoms with Crippen LogP contribution in [0.25, 0.3) is 0 Å². The second-order valence-electron chi connectivity index (χ2n) is 6.06. The van der Waals surface area contributed by atoms with Gasteiger partial charge in [-0.05, 0) is 43.7 Å². The third-order valence-corrected chi connectivity index (χ3v) is 3.87. The number of amides is 2. The van der Waals surface area contributed by atoms with Gasteiger partial charge in [0.15, 0.2) is 0 Å². The lowest BCUT2D eigenvalue weighted by molar-refractivity contribution is -0.118. The molecule has 2 aromatic carbocycles. The van der Waals surface area contributed by atoms with Gasteiger partial charge in [-0.25, -0.2) is 0 Å². The van der Waals surface area contributed by atoms with Crippen molar-refractivity contribution in [2.24, 2.45) is 5.92 Å². The van der Waals surface area contributed by atoms with E-state index in [-0.39, 0.29) is 17.7 Å². The van der Waals surface area contributed by atoms with Crippen LogP contribution in [0, 0.1) is 12.8 Å². The van der Waals surface area contributed by atoms with Gasteiger partial charge in [0.1, 0.15) is 0 Å². The number of nitrogens with zero attached hydrogens (tertiary/aromatic N) is 1. The predicted octanol–water partition coefficient (Wildman–Crippen LogP) is 4.26. The lowest BCUT2D eigenvalue weighted by Crippen LogP contribution is -2.31. The van der Waals surface area contributed by atoms with E-state index in [0.29, 0.717) is 17.8 Å². The van der Waals surface area contributed by atoms with Gasteiger partial charge in [-0.1, -0.05) is 38.1 Å². The zero-order valence-electron chi connectivity index (χ0n) is 14.7. The normalized spacial score (nSPS) is 10.5. The van der Waals surface area contributed by atoms with Crippen molar-refractivity contribution in [2.75, 3.05) is 16.8 Å². The molecule has 2 rings (SSSR count).